The van der Waals surface area contributed by atoms with E-state index < -0.39 is 0 Å². The third-order valence-electron chi connectivity index (χ3n) is 5.15. The minimum absolute atomic E-state index is 0.0906. The quantitative estimate of drug-likeness (QED) is 0.718. The molecule has 1 N–H and O–H groups in total. The molecule has 0 radical (unpaired) electrons. The van der Waals surface area contributed by atoms with Crippen LogP contribution in [0.5, 0.6) is 0 Å². The van der Waals surface area contributed by atoms with Gasteiger partial charge < -0.3 is 5.32 Å². The fraction of sp³-hybridized carbons (Fsp3) is 0.273. The Labute approximate surface area is 152 Å². The lowest BCUT2D eigenvalue weighted by Crippen LogP contribution is -2.11. The Morgan fingerprint density at radius 1 is 0.923 bits per heavy atom. The van der Waals surface area contributed by atoms with Crippen LogP contribution in [-0.4, -0.2) is 15.7 Å². The molecule has 4 nitrogen and oxygen atoms in total. The summed E-state index contributed by atoms with van der Waals surface area (Å²) in [5.74, 6) is 1.23. The molecule has 2 aliphatic carbocycles. The molecule has 1 aromatic heterocycles. The van der Waals surface area contributed by atoms with Gasteiger partial charge in [0.25, 0.3) is 5.91 Å². The molecular weight excluding hydrogens is 322 g/mol. The van der Waals surface area contributed by atoms with Crippen LogP contribution in [0.4, 0.5) is 5.69 Å². The molecule has 130 valence electrons. The van der Waals surface area contributed by atoms with Gasteiger partial charge in [0.1, 0.15) is 0 Å². The summed E-state index contributed by atoms with van der Waals surface area (Å²) in [4.78, 5) is 12.3. The van der Waals surface area contributed by atoms with Crippen LogP contribution in [0.25, 0.3) is 5.69 Å². The molecule has 0 atom stereocenters. The summed E-state index contributed by atoms with van der Waals surface area (Å²) in [6.07, 6.45) is 5.07. The highest BCUT2D eigenvalue weighted by Gasteiger charge is 2.32. The van der Waals surface area contributed by atoms with E-state index in [-0.39, 0.29) is 5.91 Å². The van der Waals surface area contributed by atoms with Crippen LogP contribution in [-0.2, 0) is 0 Å². The molecule has 0 bridgehead atoms. The number of hydrogen-bond acceptors (Lipinski definition) is 2. The standard InChI is InChI=1S/C22H21N3O/c26-22(17-4-2-1-3-5-17)23-18-10-12-19(13-11-18)25-21(16-8-9-16)14-20(24-25)15-6-7-15/h1-5,10-16H,6-9H2,(H,23,26). The van der Waals surface area contributed by atoms with Crippen LogP contribution in [0.2, 0.25) is 0 Å². The number of carbonyl (C=O) groups is 1. The van der Waals surface area contributed by atoms with Crippen molar-refractivity contribution in [3.05, 3.63) is 77.6 Å². The van der Waals surface area contributed by atoms with Crippen LogP contribution < -0.4 is 5.32 Å². The van der Waals surface area contributed by atoms with Gasteiger partial charge in [-0.3, -0.25) is 4.79 Å². The Balaban J connectivity index is 1.38. The first-order valence-electron chi connectivity index (χ1n) is 9.34. The second-order valence-electron chi connectivity index (χ2n) is 7.32. The summed E-state index contributed by atoms with van der Waals surface area (Å²) in [6.45, 7) is 0. The molecule has 0 aliphatic heterocycles. The fourth-order valence-corrected chi connectivity index (χ4v) is 3.35. The van der Waals surface area contributed by atoms with Gasteiger partial charge in [0.05, 0.1) is 11.4 Å². The smallest absolute Gasteiger partial charge is 0.255 e. The Morgan fingerprint density at radius 3 is 2.27 bits per heavy atom. The van der Waals surface area contributed by atoms with Crippen LogP contribution in [0.3, 0.4) is 0 Å². The van der Waals surface area contributed by atoms with Crippen molar-refractivity contribution in [1.29, 1.82) is 0 Å². The molecule has 4 heteroatoms. The lowest BCUT2D eigenvalue weighted by molar-refractivity contribution is 0.102. The summed E-state index contributed by atoms with van der Waals surface area (Å²) in [6, 6.07) is 19.6. The number of nitrogens with one attached hydrogen (secondary N) is 1. The fourth-order valence-electron chi connectivity index (χ4n) is 3.35. The maximum Gasteiger partial charge on any atom is 0.255 e. The zero-order valence-corrected chi connectivity index (χ0v) is 14.6. The summed E-state index contributed by atoms with van der Waals surface area (Å²) in [7, 11) is 0. The lowest BCUT2D eigenvalue weighted by Gasteiger charge is -2.09. The van der Waals surface area contributed by atoms with Crippen molar-refractivity contribution in [2.24, 2.45) is 0 Å². The van der Waals surface area contributed by atoms with Gasteiger partial charge in [0, 0.05) is 28.8 Å². The van der Waals surface area contributed by atoms with E-state index in [9.17, 15) is 4.79 Å². The molecule has 0 spiro atoms. The number of hydrogen-bond donors (Lipinski definition) is 1. The van der Waals surface area contributed by atoms with E-state index in [1.54, 1.807) is 0 Å². The van der Waals surface area contributed by atoms with Crippen LogP contribution in [0.15, 0.2) is 60.7 Å². The first-order valence-corrected chi connectivity index (χ1v) is 9.34. The van der Waals surface area contributed by atoms with Crippen molar-refractivity contribution in [1.82, 2.24) is 9.78 Å². The topological polar surface area (TPSA) is 46.9 Å². The van der Waals surface area contributed by atoms with Gasteiger partial charge in [-0.1, -0.05) is 18.2 Å². The Kier molecular flexibility index (Phi) is 3.63. The number of carbonyl (C=O) groups excluding carboxylic acids is 1. The molecule has 2 saturated carbocycles. The van der Waals surface area contributed by atoms with E-state index >= 15 is 0 Å². The first kappa shape index (κ1) is 15.4. The predicted molar refractivity (Wildman–Crippen MR) is 102 cm³/mol. The van der Waals surface area contributed by atoms with Gasteiger partial charge in [-0.25, -0.2) is 4.68 Å². The maximum absolute atomic E-state index is 12.3. The molecule has 5 rings (SSSR count). The van der Waals surface area contributed by atoms with E-state index in [0.717, 1.165) is 11.4 Å². The van der Waals surface area contributed by atoms with E-state index in [2.05, 4.69) is 16.1 Å². The van der Waals surface area contributed by atoms with Crippen LogP contribution in [0.1, 0.15) is 59.3 Å². The SMILES string of the molecule is O=C(Nc1ccc(-n2nc(C3CC3)cc2C2CC2)cc1)c1ccccc1. The first-order chi connectivity index (χ1) is 12.8. The van der Waals surface area contributed by atoms with Gasteiger partial charge in [-0.2, -0.15) is 5.10 Å². The second-order valence-corrected chi connectivity index (χ2v) is 7.32. The molecule has 2 aliphatic rings. The minimum atomic E-state index is -0.0906. The Bertz CT molecular complexity index is 935. The van der Waals surface area contributed by atoms with Gasteiger partial charge in [0.2, 0.25) is 0 Å². The van der Waals surface area contributed by atoms with Gasteiger partial charge in [-0.05, 0) is 68.1 Å². The number of benzene rings is 2. The molecular formula is C22H21N3O. The molecule has 2 fully saturated rings. The predicted octanol–water partition coefficient (Wildman–Crippen LogP) is 4.88. The Morgan fingerprint density at radius 2 is 1.62 bits per heavy atom. The Hall–Kier alpha value is -2.88. The van der Waals surface area contributed by atoms with Gasteiger partial charge in [-0.15, -0.1) is 0 Å². The molecule has 1 heterocycles. The normalized spacial score (nSPS) is 16.5. The number of nitrogens with zero attached hydrogens (tertiary/aromatic N) is 2. The van der Waals surface area contributed by atoms with Crippen molar-refractivity contribution in [3.8, 4) is 5.69 Å². The van der Waals surface area contributed by atoms with Crippen molar-refractivity contribution in [2.75, 3.05) is 5.32 Å². The third kappa shape index (κ3) is 3.03. The number of amides is 1. The number of aromatic nitrogens is 2. The van der Waals surface area contributed by atoms with Crippen molar-refractivity contribution in [2.45, 2.75) is 37.5 Å². The highest BCUT2D eigenvalue weighted by molar-refractivity contribution is 6.04. The summed E-state index contributed by atoms with van der Waals surface area (Å²) in [5.41, 5.74) is 5.11. The highest BCUT2D eigenvalue weighted by Crippen LogP contribution is 2.45. The number of anilines is 1. The third-order valence-corrected chi connectivity index (χ3v) is 5.15. The molecule has 1 amide bonds. The largest absolute Gasteiger partial charge is 0.322 e. The van der Waals surface area contributed by atoms with E-state index in [1.165, 1.54) is 37.1 Å². The molecule has 3 aromatic rings. The van der Waals surface area contributed by atoms with E-state index in [0.29, 0.717) is 17.4 Å². The number of rotatable bonds is 5. The maximum atomic E-state index is 12.3. The van der Waals surface area contributed by atoms with Crippen LogP contribution >= 0.6 is 0 Å². The zero-order chi connectivity index (χ0) is 17.5. The monoisotopic (exact) mass is 343 g/mol. The average molecular weight is 343 g/mol. The van der Waals surface area contributed by atoms with E-state index in [4.69, 9.17) is 5.10 Å². The van der Waals surface area contributed by atoms with Crippen molar-refractivity contribution in [3.63, 3.8) is 0 Å². The molecule has 2 aromatic carbocycles. The average Bonchev–Trinajstić information content (AvgIpc) is 3.61. The van der Waals surface area contributed by atoms with Crippen LogP contribution in [0, 0.1) is 0 Å². The molecule has 26 heavy (non-hydrogen) atoms. The summed E-state index contributed by atoms with van der Waals surface area (Å²) >= 11 is 0. The summed E-state index contributed by atoms with van der Waals surface area (Å²) in [5, 5.41) is 7.82. The van der Waals surface area contributed by atoms with E-state index in [1.807, 2.05) is 54.6 Å². The van der Waals surface area contributed by atoms with Gasteiger partial charge >= 0.3 is 0 Å². The van der Waals surface area contributed by atoms with Gasteiger partial charge in [0.15, 0.2) is 0 Å². The van der Waals surface area contributed by atoms with Crippen molar-refractivity contribution >= 4 is 11.6 Å². The zero-order valence-electron chi connectivity index (χ0n) is 14.6. The summed E-state index contributed by atoms with van der Waals surface area (Å²) < 4.78 is 2.11. The highest BCUT2D eigenvalue weighted by atomic mass is 16.1. The molecule has 0 unspecified atom stereocenters. The second kappa shape index (κ2) is 6.13. The molecule has 0 saturated heterocycles. The van der Waals surface area contributed by atoms with Crippen molar-refractivity contribution < 1.29 is 4.79 Å². The minimum Gasteiger partial charge on any atom is -0.322 e. The lowest BCUT2D eigenvalue weighted by atomic mass is 10.2.